The van der Waals surface area contributed by atoms with Crippen molar-refractivity contribution >= 4 is 59.9 Å². The Bertz CT molecular complexity index is 374. The van der Waals surface area contributed by atoms with Crippen LogP contribution < -0.4 is 0 Å². The zero-order valence-electron chi connectivity index (χ0n) is 18.0. The fraction of sp³-hybridized carbons (Fsp3) is 1.00. The van der Waals surface area contributed by atoms with Crippen LogP contribution in [-0.4, -0.2) is 60.9 Å². The molecule has 0 heterocycles. The molecule has 0 saturated carbocycles. The van der Waals surface area contributed by atoms with Gasteiger partial charge in [0.15, 0.2) is 0 Å². The van der Waals surface area contributed by atoms with E-state index in [9.17, 15) is 9.13 Å². The molecule has 0 atom stereocenters. The third kappa shape index (κ3) is 19.7. The van der Waals surface area contributed by atoms with Crippen LogP contribution in [0.3, 0.4) is 0 Å². The summed E-state index contributed by atoms with van der Waals surface area (Å²) in [4.78, 5) is 0. The number of hydrogen-bond donors (Lipinski definition) is 0. The highest BCUT2D eigenvalue weighted by Gasteiger charge is 2.24. The Hall–Kier alpha value is 1.70. The van der Waals surface area contributed by atoms with Crippen LogP contribution in [0.1, 0.15) is 41.5 Å². The van der Waals surface area contributed by atoms with Crippen molar-refractivity contribution in [3.05, 3.63) is 0 Å². The minimum Gasteiger partial charge on any atom is -0.301 e. The molecule has 172 valence electrons. The molecular formula is C16H38O6P2S4. The van der Waals surface area contributed by atoms with E-state index in [2.05, 4.69) is 13.8 Å². The van der Waals surface area contributed by atoms with Gasteiger partial charge in [-0.15, -0.1) is 0 Å². The van der Waals surface area contributed by atoms with Gasteiger partial charge in [0.25, 0.3) is 0 Å². The van der Waals surface area contributed by atoms with Gasteiger partial charge in [0.1, 0.15) is 0 Å². The predicted octanol–water partition coefficient (Wildman–Crippen LogP) is 7.31. The summed E-state index contributed by atoms with van der Waals surface area (Å²) < 4.78 is 44.3. The summed E-state index contributed by atoms with van der Waals surface area (Å²) in [7, 11) is 0. The Labute approximate surface area is 189 Å². The van der Waals surface area contributed by atoms with Crippen LogP contribution in [0.4, 0.5) is 0 Å². The molecule has 12 heteroatoms. The quantitative estimate of drug-likeness (QED) is 0.137. The maximum atomic E-state index is 11.9. The van der Waals surface area contributed by atoms with Crippen LogP contribution in [0.15, 0.2) is 0 Å². The Morgan fingerprint density at radius 3 is 1.04 bits per heavy atom. The van der Waals surface area contributed by atoms with Crippen molar-refractivity contribution in [3.63, 3.8) is 0 Å². The first-order valence-electron chi connectivity index (χ1n) is 9.59. The second-order valence-corrected chi connectivity index (χ2v) is 15.8. The van der Waals surface area contributed by atoms with E-state index in [4.69, 9.17) is 18.1 Å². The van der Waals surface area contributed by atoms with Gasteiger partial charge in [0.05, 0.1) is 26.4 Å². The van der Waals surface area contributed by atoms with Gasteiger partial charge in [-0.2, -0.15) is 23.5 Å². The molecule has 28 heavy (non-hydrogen) atoms. The Balaban J connectivity index is 0. The van der Waals surface area contributed by atoms with E-state index in [1.165, 1.54) is 22.8 Å². The van der Waals surface area contributed by atoms with E-state index in [0.29, 0.717) is 26.4 Å². The molecular weight excluding hydrogens is 478 g/mol. The lowest BCUT2D eigenvalue weighted by molar-refractivity contribution is 0.236. The molecule has 0 aliphatic heterocycles. The molecule has 0 spiro atoms. The minimum atomic E-state index is -2.86. The molecule has 6 nitrogen and oxygen atoms in total. The fourth-order valence-electron chi connectivity index (χ4n) is 1.56. The summed E-state index contributed by atoms with van der Waals surface area (Å²) in [5.41, 5.74) is 0. The second kappa shape index (κ2) is 21.9. The molecule has 0 aromatic carbocycles. The molecule has 0 unspecified atom stereocenters. The van der Waals surface area contributed by atoms with Crippen LogP contribution in [0.2, 0.25) is 0 Å². The summed E-state index contributed by atoms with van der Waals surface area (Å²) in [6.45, 7) is 7.56. The molecule has 0 aromatic rings. The summed E-state index contributed by atoms with van der Waals surface area (Å²) >= 11 is 6.27. The first kappa shape index (κ1) is 31.9. The predicted molar refractivity (Wildman–Crippen MR) is 133 cm³/mol. The molecule has 0 aliphatic carbocycles. The van der Waals surface area contributed by atoms with E-state index in [1.54, 1.807) is 0 Å². The van der Waals surface area contributed by atoms with Crippen LogP contribution in [-0.2, 0) is 27.2 Å². The largest absolute Gasteiger partial charge is 0.389 e. The number of hydrogen-bond acceptors (Lipinski definition) is 10. The zero-order chi connectivity index (χ0) is 21.7. The number of thioether (sulfide) groups is 2. The first-order valence-corrected chi connectivity index (χ1v) is 18.2. The Morgan fingerprint density at radius 1 is 0.536 bits per heavy atom. The van der Waals surface area contributed by atoms with E-state index in [-0.39, 0.29) is 0 Å². The van der Waals surface area contributed by atoms with Gasteiger partial charge < -0.3 is 18.1 Å². The van der Waals surface area contributed by atoms with Crippen molar-refractivity contribution in [2.75, 3.05) is 60.9 Å². The zero-order valence-corrected chi connectivity index (χ0v) is 23.1. The smallest absolute Gasteiger partial charge is 0.301 e. The lowest BCUT2D eigenvalue weighted by Gasteiger charge is -2.15. The molecule has 0 rings (SSSR count). The van der Waals surface area contributed by atoms with Gasteiger partial charge in [-0.1, -0.05) is 13.8 Å². The SMILES string of the molecule is CCOP(=O)(OCC)SCCSCC.CCOP(=O)(OCC)SCCSCC. The monoisotopic (exact) mass is 516 g/mol. The molecule has 0 N–H and O–H groups in total. The van der Waals surface area contributed by atoms with Crippen LogP contribution >= 0.6 is 59.9 Å². The number of rotatable bonds is 18. The van der Waals surface area contributed by atoms with E-state index in [1.807, 2.05) is 51.2 Å². The van der Waals surface area contributed by atoms with Crippen molar-refractivity contribution in [2.24, 2.45) is 0 Å². The normalized spacial score (nSPS) is 11.9. The van der Waals surface area contributed by atoms with Crippen LogP contribution in [0.5, 0.6) is 0 Å². The van der Waals surface area contributed by atoms with Crippen molar-refractivity contribution < 1.29 is 27.2 Å². The van der Waals surface area contributed by atoms with E-state index in [0.717, 1.165) is 34.5 Å². The summed E-state index contributed by atoms with van der Waals surface area (Å²) in [5, 5.41) is 0. The first-order chi connectivity index (χ1) is 13.4. The van der Waals surface area contributed by atoms with Gasteiger partial charge in [-0.05, 0) is 62.0 Å². The standard InChI is InChI=1S/2C8H19O3PS2/c2*1-4-10-12(9,11-5-2)14-8-7-13-6-3/h2*4-8H2,1-3H3. The highest BCUT2D eigenvalue weighted by molar-refractivity contribution is 8.55. The van der Waals surface area contributed by atoms with Gasteiger partial charge >= 0.3 is 13.6 Å². The fourth-order valence-corrected chi connectivity index (χ4v) is 10.7. The summed E-state index contributed by atoms with van der Waals surface area (Å²) in [6.07, 6.45) is 0. The van der Waals surface area contributed by atoms with Crippen molar-refractivity contribution in [2.45, 2.75) is 41.5 Å². The molecule has 0 fully saturated rings. The second-order valence-electron chi connectivity index (χ2n) is 4.63. The maximum Gasteiger partial charge on any atom is 0.389 e. The van der Waals surface area contributed by atoms with E-state index >= 15 is 0 Å². The van der Waals surface area contributed by atoms with Crippen molar-refractivity contribution in [3.8, 4) is 0 Å². The molecule has 0 aromatic heterocycles. The summed E-state index contributed by atoms with van der Waals surface area (Å²) in [6, 6.07) is 0. The Kier molecular flexibility index (Phi) is 25.0. The third-order valence-corrected chi connectivity index (χ3v) is 12.8. The van der Waals surface area contributed by atoms with E-state index < -0.39 is 13.6 Å². The molecule has 0 radical (unpaired) electrons. The molecule has 0 aliphatic rings. The van der Waals surface area contributed by atoms with Crippen LogP contribution in [0, 0.1) is 0 Å². The van der Waals surface area contributed by atoms with Gasteiger partial charge in [0, 0.05) is 23.0 Å². The van der Waals surface area contributed by atoms with Gasteiger partial charge in [-0.25, -0.2) is 9.13 Å². The van der Waals surface area contributed by atoms with Crippen molar-refractivity contribution in [1.82, 2.24) is 0 Å². The van der Waals surface area contributed by atoms with Crippen LogP contribution in [0.25, 0.3) is 0 Å². The maximum absolute atomic E-state index is 11.9. The highest BCUT2D eigenvalue weighted by atomic mass is 32.7. The minimum absolute atomic E-state index is 0.436. The van der Waals surface area contributed by atoms with Crippen molar-refractivity contribution in [1.29, 1.82) is 0 Å². The lowest BCUT2D eigenvalue weighted by Crippen LogP contribution is -1.94. The molecule has 0 bridgehead atoms. The molecule has 0 amide bonds. The lowest BCUT2D eigenvalue weighted by atomic mass is 10.9. The average molecular weight is 517 g/mol. The third-order valence-electron chi connectivity index (χ3n) is 2.51. The highest BCUT2D eigenvalue weighted by Crippen LogP contribution is 2.61. The molecule has 0 saturated heterocycles. The topological polar surface area (TPSA) is 71.1 Å². The summed E-state index contributed by atoms with van der Waals surface area (Å²) in [5.74, 6) is 5.80. The Morgan fingerprint density at radius 2 is 0.821 bits per heavy atom. The van der Waals surface area contributed by atoms with Gasteiger partial charge in [-0.3, -0.25) is 0 Å². The van der Waals surface area contributed by atoms with Gasteiger partial charge in [0.2, 0.25) is 0 Å². The average Bonchev–Trinajstić information content (AvgIpc) is 2.64.